The predicted octanol–water partition coefficient (Wildman–Crippen LogP) is 1.61. The zero-order chi connectivity index (χ0) is 11.3. The number of phenols is 1. The molecule has 84 valence electrons. The highest BCUT2D eigenvalue weighted by molar-refractivity contribution is 6.13. The van der Waals surface area contributed by atoms with E-state index in [0.29, 0.717) is 11.8 Å². The normalized spacial score (nSPS) is 13.1. The van der Waals surface area contributed by atoms with Gasteiger partial charge < -0.3 is 10.0 Å². The Kier molecular flexibility index (Phi) is 4.88. The van der Waals surface area contributed by atoms with Crippen molar-refractivity contribution in [3.8, 4) is 5.75 Å². The molecule has 15 heavy (non-hydrogen) atoms. The Morgan fingerprint density at radius 3 is 2.40 bits per heavy atom. The fourth-order valence-electron chi connectivity index (χ4n) is 1.43. The number of halogens is 1. The minimum Gasteiger partial charge on any atom is -0.508 e. The summed E-state index contributed by atoms with van der Waals surface area (Å²) < 4.78 is 0. The molecule has 0 radical (unpaired) electrons. The third kappa shape index (κ3) is 4.08. The summed E-state index contributed by atoms with van der Waals surface area (Å²) in [6.07, 6.45) is 0.910. The van der Waals surface area contributed by atoms with Gasteiger partial charge in [-0.3, -0.25) is 0 Å². The van der Waals surface area contributed by atoms with Gasteiger partial charge >= 0.3 is 0 Å². The Morgan fingerprint density at radius 1 is 1.33 bits per heavy atom. The molecule has 1 rings (SSSR count). The van der Waals surface area contributed by atoms with E-state index in [9.17, 15) is 0 Å². The summed E-state index contributed by atoms with van der Waals surface area (Å²) in [5.41, 5.74) is 1.19. The van der Waals surface area contributed by atoms with E-state index in [1.807, 2.05) is 26.2 Å². The summed E-state index contributed by atoms with van der Waals surface area (Å²) in [5.74, 6) is 0.302. The van der Waals surface area contributed by atoms with Crippen LogP contribution in [0.2, 0.25) is 0 Å². The minimum absolute atomic E-state index is 0.302. The van der Waals surface area contributed by atoms with Crippen LogP contribution in [0.25, 0.3) is 0 Å². The first-order valence-corrected chi connectivity index (χ1v) is 5.29. The lowest BCUT2D eigenvalue weighted by molar-refractivity contribution is 0.292. The highest BCUT2D eigenvalue weighted by atomic mass is 35.5. The van der Waals surface area contributed by atoms with Gasteiger partial charge in [0.1, 0.15) is 5.75 Å². The first-order valence-electron chi connectivity index (χ1n) is 4.91. The number of nitrogens with one attached hydrogen (secondary N) is 1. The number of aromatic hydroxyl groups is 1. The lowest BCUT2D eigenvalue weighted by Gasteiger charge is -2.23. The monoisotopic (exact) mass is 228 g/mol. The van der Waals surface area contributed by atoms with Gasteiger partial charge in [0.2, 0.25) is 0 Å². The van der Waals surface area contributed by atoms with Crippen molar-refractivity contribution < 1.29 is 5.11 Å². The van der Waals surface area contributed by atoms with E-state index in [4.69, 9.17) is 16.9 Å². The smallest absolute Gasteiger partial charge is 0.115 e. The molecule has 0 spiro atoms. The predicted molar refractivity (Wildman–Crippen MR) is 63.1 cm³/mol. The number of nitrogens with zero attached hydrogens (tertiary/aromatic N) is 1. The standard InChI is InChI=1S/C11H17ClN2O/c1-14(2)10(8-13-12)7-9-3-5-11(15)6-4-9/h3-6,10,13,15H,7-8H2,1-2H3/t10-/m0/s1. The summed E-state index contributed by atoms with van der Waals surface area (Å²) in [6, 6.07) is 7.62. The summed E-state index contributed by atoms with van der Waals surface area (Å²) in [7, 11) is 4.05. The maximum Gasteiger partial charge on any atom is 0.115 e. The topological polar surface area (TPSA) is 35.5 Å². The number of rotatable bonds is 5. The van der Waals surface area contributed by atoms with Crippen molar-refractivity contribution >= 4 is 11.8 Å². The van der Waals surface area contributed by atoms with Crippen LogP contribution >= 0.6 is 11.8 Å². The molecule has 0 saturated heterocycles. The van der Waals surface area contributed by atoms with Crippen molar-refractivity contribution in [1.82, 2.24) is 9.74 Å². The second-order valence-electron chi connectivity index (χ2n) is 3.83. The Labute approximate surface area is 95.8 Å². The van der Waals surface area contributed by atoms with Gasteiger partial charge in [0.25, 0.3) is 0 Å². The Hall–Kier alpha value is -0.770. The van der Waals surface area contributed by atoms with Gasteiger partial charge in [0.15, 0.2) is 0 Å². The second-order valence-corrected chi connectivity index (χ2v) is 4.09. The fourth-order valence-corrected chi connectivity index (χ4v) is 1.61. The van der Waals surface area contributed by atoms with Crippen molar-refractivity contribution in [2.45, 2.75) is 12.5 Å². The van der Waals surface area contributed by atoms with Gasteiger partial charge in [-0.1, -0.05) is 12.1 Å². The molecule has 0 aliphatic rings. The molecular weight excluding hydrogens is 212 g/mol. The minimum atomic E-state index is 0.302. The van der Waals surface area contributed by atoms with E-state index >= 15 is 0 Å². The third-order valence-electron chi connectivity index (χ3n) is 2.45. The average Bonchev–Trinajstić information content (AvgIpc) is 2.20. The van der Waals surface area contributed by atoms with Crippen molar-refractivity contribution in [3.63, 3.8) is 0 Å². The molecule has 1 aromatic carbocycles. The molecule has 4 heteroatoms. The van der Waals surface area contributed by atoms with Crippen LogP contribution in [-0.4, -0.2) is 36.7 Å². The Bertz CT molecular complexity index is 287. The van der Waals surface area contributed by atoms with Crippen molar-refractivity contribution in [2.75, 3.05) is 20.6 Å². The molecule has 3 nitrogen and oxygen atoms in total. The quantitative estimate of drug-likeness (QED) is 0.752. The van der Waals surface area contributed by atoms with Crippen LogP contribution in [0.15, 0.2) is 24.3 Å². The number of hydrogen-bond acceptors (Lipinski definition) is 3. The van der Waals surface area contributed by atoms with E-state index < -0.39 is 0 Å². The maximum absolute atomic E-state index is 9.16. The number of hydrogen-bond donors (Lipinski definition) is 2. The molecule has 0 unspecified atom stereocenters. The molecule has 0 aliphatic heterocycles. The molecule has 1 aromatic rings. The van der Waals surface area contributed by atoms with Gasteiger partial charge in [0, 0.05) is 12.6 Å². The first-order chi connectivity index (χ1) is 7.13. The fraction of sp³-hybridized carbons (Fsp3) is 0.455. The summed E-state index contributed by atoms with van der Waals surface area (Å²) in [6.45, 7) is 0.732. The van der Waals surface area contributed by atoms with Gasteiger partial charge in [0.05, 0.1) is 0 Å². The SMILES string of the molecule is CN(C)[C@H](CNCl)Cc1ccc(O)cc1. The van der Waals surface area contributed by atoms with E-state index in [1.54, 1.807) is 12.1 Å². The summed E-state index contributed by atoms with van der Waals surface area (Å²) in [4.78, 5) is 4.79. The van der Waals surface area contributed by atoms with E-state index in [-0.39, 0.29) is 0 Å². The molecule has 2 N–H and O–H groups in total. The summed E-state index contributed by atoms with van der Waals surface area (Å²) in [5, 5.41) is 9.16. The zero-order valence-electron chi connectivity index (χ0n) is 9.07. The van der Waals surface area contributed by atoms with Crippen molar-refractivity contribution in [1.29, 1.82) is 0 Å². The number of benzene rings is 1. The van der Waals surface area contributed by atoms with Crippen LogP contribution in [-0.2, 0) is 6.42 Å². The van der Waals surface area contributed by atoms with Crippen LogP contribution in [0.5, 0.6) is 5.75 Å². The van der Waals surface area contributed by atoms with Crippen molar-refractivity contribution in [2.24, 2.45) is 0 Å². The molecule has 0 heterocycles. The van der Waals surface area contributed by atoms with E-state index in [2.05, 4.69) is 9.74 Å². The molecule has 0 aromatic heterocycles. The highest BCUT2D eigenvalue weighted by Gasteiger charge is 2.11. The molecule has 0 bridgehead atoms. The molecule has 0 saturated carbocycles. The van der Waals surface area contributed by atoms with Gasteiger partial charge in [-0.05, 0) is 50.0 Å². The van der Waals surface area contributed by atoms with Crippen LogP contribution in [0.1, 0.15) is 5.56 Å². The number of phenolic OH excluding ortho intramolecular Hbond substituents is 1. The van der Waals surface area contributed by atoms with Gasteiger partial charge in [-0.25, -0.2) is 4.84 Å². The molecule has 0 aliphatic carbocycles. The number of likely N-dealkylation sites (N-methyl/N-ethyl adjacent to an activating group) is 1. The molecule has 1 atom stereocenters. The lowest BCUT2D eigenvalue weighted by atomic mass is 10.1. The Balaban J connectivity index is 2.61. The van der Waals surface area contributed by atoms with Crippen LogP contribution < -0.4 is 4.84 Å². The van der Waals surface area contributed by atoms with Gasteiger partial charge in [-0.15, -0.1) is 0 Å². The van der Waals surface area contributed by atoms with Crippen LogP contribution in [0.4, 0.5) is 0 Å². The highest BCUT2D eigenvalue weighted by Crippen LogP contribution is 2.12. The molecule has 0 fully saturated rings. The Morgan fingerprint density at radius 2 is 1.93 bits per heavy atom. The summed E-state index contributed by atoms with van der Waals surface area (Å²) >= 11 is 5.52. The average molecular weight is 229 g/mol. The van der Waals surface area contributed by atoms with E-state index in [0.717, 1.165) is 13.0 Å². The lowest BCUT2D eigenvalue weighted by Crippen LogP contribution is -2.36. The van der Waals surface area contributed by atoms with Crippen LogP contribution in [0, 0.1) is 0 Å². The second kappa shape index (κ2) is 5.95. The zero-order valence-corrected chi connectivity index (χ0v) is 9.83. The van der Waals surface area contributed by atoms with Crippen molar-refractivity contribution in [3.05, 3.63) is 29.8 Å². The van der Waals surface area contributed by atoms with Crippen LogP contribution in [0.3, 0.4) is 0 Å². The first kappa shape index (κ1) is 12.3. The molecule has 0 amide bonds. The third-order valence-corrected chi connectivity index (χ3v) is 2.61. The molecular formula is C11H17ClN2O. The van der Waals surface area contributed by atoms with E-state index in [1.165, 1.54) is 5.56 Å². The largest absolute Gasteiger partial charge is 0.508 e. The van der Waals surface area contributed by atoms with Gasteiger partial charge in [-0.2, -0.15) is 0 Å². The maximum atomic E-state index is 9.16.